The zero-order valence-electron chi connectivity index (χ0n) is 16.4. The number of pyridine rings is 1. The standard InChI is InChI=1S/C10H11N.C9H10O.2C2H6/c1-8-4-2-5-9-6-3-7-11-10(8)9;1-7-3-2-4-8-5-6-10-9(7)8;2*1-2/h3,6-7H,1-2,4-5H2;5-6H,1-4H2;2*1-2H3. The minimum Gasteiger partial charge on any atom is -0.464 e. The summed E-state index contributed by atoms with van der Waals surface area (Å²) in [6, 6.07) is 6.18. The molecule has 0 saturated carbocycles. The van der Waals surface area contributed by atoms with Crippen LogP contribution in [0.25, 0.3) is 11.1 Å². The van der Waals surface area contributed by atoms with Crippen LogP contribution in [0, 0.1) is 0 Å². The van der Waals surface area contributed by atoms with Gasteiger partial charge in [-0.1, -0.05) is 46.9 Å². The molecule has 0 radical (unpaired) electrons. The van der Waals surface area contributed by atoms with E-state index in [1.54, 1.807) is 6.26 Å². The van der Waals surface area contributed by atoms with Crippen molar-refractivity contribution < 1.29 is 4.42 Å². The molecular formula is C23H33NO. The Bertz CT molecular complexity index is 666. The number of fused-ring (bicyclic) bond motifs is 2. The van der Waals surface area contributed by atoms with Crippen LogP contribution in [0.1, 0.15) is 76.0 Å². The van der Waals surface area contributed by atoms with Gasteiger partial charge < -0.3 is 4.42 Å². The summed E-state index contributed by atoms with van der Waals surface area (Å²) in [5.41, 5.74) is 6.19. The predicted octanol–water partition coefficient (Wildman–Crippen LogP) is 7.11. The average Bonchev–Trinajstić information content (AvgIpc) is 3.16. The fourth-order valence-electron chi connectivity index (χ4n) is 3.02. The maximum atomic E-state index is 5.27. The lowest BCUT2D eigenvalue weighted by Gasteiger charge is -2.15. The number of hydrogen-bond acceptors (Lipinski definition) is 2. The first-order chi connectivity index (χ1) is 12.3. The van der Waals surface area contributed by atoms with Gasteiger partial charge in [0.05, 0.1) is 12.0 Å². The average molecular weight is 340 g/mol. The Kier molecular flexibility index (Phi) is 9.61. The van der Waals surface area contributed by atoms with Gasteiger partial charge in [0.2, 0.25) is 0 Å². The van der Waals surface area contributed by atoms with Gasteiger partial charge in [0.1, 0.15) is 5.76 Å². The van der Waals surface area contributed by atoms with Crippen molar-refractivity contribution in [3.63, 3.8) is 0 Å². The van der Waals surface area contributed by atoms with E-state index in [1.165, 1.54) is 36.0 Å². The number of aromatic nitrogens is 1. The molecule has 2 aliphatic carbocycles. The molecule has 0 bridgehead atoms. The second kappa shape index (κ2) is 11.5. The van der Waals surface area contributed by atoms with Gasteiger partial charge in [-0.15, -0.1) is 0 Å². The van der Waals surface area contributed by atoms with E-state index in [-0.39, 0.29) is 0 Å². The molecular weight excluding hydrogens is 306 g/mol. The topological polar surface area (TPSA) is 26.0 Å². The fraction of sp³-hybridized carbons (Fsp3) is 0.435. The number of aryl methyl sites for hydroxylation is 2. The Morgan fingerprint density at radius 2 is 1.48 bits per heavy atom. The lowest BCUT2D eigenvalue weighted by Crippen LogP contribution is -2.02. The molecule has 0 fully saturated rings. The summed E-state index contributed by atoms with van der Waals surface area (Å²) in [6.45, 7) is 15.9. The molecule has 0 saturated heterocycles. The van der Waals surface area contributed by atoms with Crippen LogP contribution < -0.4 is 0 Å². The van der Waals surface area contributed by atoms with Crippen LogP contribution in [-0.2, 0) is 12.8 Å². The van der Waals surface area contributed by atoms with Gasteiger partial charge in [0.25, 0.3) is 0 Å². The number of hydrogen-bond donors (Lipinski definition) is 0. The zero-order chi connectivity index (χ0) is 18.7. The van der Waals surface area contributed by atoms with Gasteiger partial charge in [0.15, 0.2) is 0 Å². The van der Waals surface area contributed by atoms with Crippen molar-refractivity contribution in [2.24, 2.45) is 0 Å². The third-order valence-corrected chi connectivity index (χ3v) is 4.14. The van der Waals surface area contributed by atoms with E-state index in [1.807, 2.05) is 46.0 Å². The summed E-state index contributed by atoms with van der Waals surface area (Å²) in [6.07, 6.45) is 10.6. The lowest BCUT2D eigenvalue weighted by molar-refractivity contribution is 0.539. The summed E-state index contributed by atoms with van der Waals surface area (Å²) in [4.78, 5) is 4.30. The molecule has 136 valence electrons. The number of furan rings is 1. The molecule has 4 rings (SSSR count). The van der Waals surface area contributed by atoms with Crippen molar-refractivity contribution in [1.29, 1.82) is 0 Å². The molecule has 2 aromatic heterocycles. The molecule has 2 heterocycles. The molecule has 2 heteroatoms. The monoisotopic (exact) mass is 339 g/mol. The molecule has 25 heavy (non-hydrogen) atoms. The highest BCUT2D eigenvalue weighted by Gasteiger charge is 2.14. The highest BCUT2D eigenvalue weighted by molar-refractivity contribution is 5.64. The van der Waals surface area contributed by atoms with E-state index >= 15 is 0 Å². The molecule has 0 atom stereocenters. The number of allylic oxidation sites excluding steroid dienone is 2. The van der Waals surface area contributed by atoms with Gasteiger partial charge in [-0.25, -0.2) is 0 Å². The van der Waals surface area contributed by atoms with Gasteiger partial charge in [-0.3, -0.25) is 4.98 Å². The molecule has 0 aliphatic heterocycles. The summed E-state index contributed by atoms with van der Waals surface area (Å²) in [5, 5.41) is 0. The quantitative estimate of drug-likeness (QED) is 0.511. The Labute approximate surface area is 153 Å². The first kappa shape index (κ1) is 21.0. The summed E-state index contributed by atoms with van der Waals surface area (Å²) in [5.74, 6) is 1.03. The van der Waals surface area contributed by atoms with E-state index in [0.717, 1.165) is 36.3 Å². The van der Waals surface area contributed by atoms with Gasteiger partial charge >= 0.3 is 0 Å². The van der Waals surface area contributed by atoms with Crippen molar-refractivity contribution in [1.82, 2.24) is 4.98 Å². The van der Waals surface area contributed by atoms with Crippen molar-refractivity contribution in [2.45, 2.75) is 66.2 Å². The van der Waals surface area contributed by atoms with Crippen molar-refractivity contribution in [2.75, 3.05) is 0 Å². The van der Waals surface area contributed by atoms with Crippen LogP contribution in [0.4, 0.5) is 0 Å². The number of rotatable bonds is 0. The molecule has 2 aromatic rings. The van der Waals surface area contributed by atoms with E-state index in [2.05, 4.69) is 24.2 Å². The molecule has 2 aliphatic rings. The van der Waals surface area contributed by atoms with Crippen molar-refractivity contribution in [3.05, 3.63) is 66.4 Å². The molecule has 0 spiro atoms. The highest BCUT2D eigenvalue weighted by atomic mass is 16.3. The third-order valence-electron chi connectivity index (χ3n) is 4.14. The maximum absolute atomic E-state index is 5.27. The van der Waals surface area contributed by atoms with Crippen molar-refractivity contribution >= 4 is 11.1 Å². The SMILES string of the molecule is C=C1CCCc2cccnc21.C=C1CCCc2ccoc21.CC.CC. The normalized spacial score (nSPS) is 14.4. The first-order valence-corrected chi connectivity index (χ1v) is 9.62. The Balaban J connectivity index is 0.000000210. The summed E-state index contributed by atoms with van der Waals surface area (Å²) >= 11 is 0. The van der Waals surface area contributed by atoms with Crippen LogP contribution in [0.3, 0.4) is 0 Å². The minimum absolute atomic E-state index is 1.03. The predicted molar refractivity (Wildman–Crippen MR) is 110 cm³/mol. The van der Waals surface area contributed by atoms with E-state index < -0.39 is 0 Å². The van der Waals surface area contributed by atoms with Crippen molar-refractivity contribution in [3.8, 4) is 0 Å². The van der Waals surface area contributed by atoms with Crippen LogP contribution in [0.15, 0.2) is 48.2 Å². The summed E-state index contributed by atoms with van der Waals surface area (Å²) in [7, 11) is 0. The molecule has 0 amide bonds. The maximum Gasteiger partial charge on any atom is 0.132 e. The molecule has 2 nitrogen and oxygen atoms in total. The second-order valence-electron chi connectivity index (χ2n) is 5.70. The van der Waals surface area contributed by atoms with E-state index in [0.29, 0.717) is 0 Å². The molecule has 0 N–H and O–H groups in total. The van der Waals surface area contributed by atoms with E-state index in [4.69, 9.17) is 4.42 Å². The lowest BCUT2D eigenvalue weighted by atomic mass is 9.93. The minimum atomic E-state index is 1.03. The Morgan fingerprint density at radius 1 is 0.840 bits per heavy atom. The Morgan fingerprint density at radius 3 is 2.12 bits per heavy atom. The van der Waals surface area contributed by atoms with Crippen LogP contribution >= 0.6 is 0 Å². The van der Waals surface area contributed by atoms with Crippen LogP contribution in [0.5, 0.6) is 0 Å². The largest absolute Gasteiger partial charge is 0.464 e. The van der Waals surface area contributed by atoms with Gasteiger partial charge in [-0.2, -0.15) is 0 Å². The van der Waals surface area contributed by atoms with Crippen LogP contribution in [-0.4, -0.2) is 4.98 Å². The van der Waals surface area contributed by atoms with E-state index in [9.17, 15) is 0 Å². The smallest absolute Gasteiger partial charge is 0.132 e. The third kappa shape index (κ3) is 5.74. The highest BCUT2D eigenvalue weighted by Crippen LogP contribution is 2.29. The second-order valence-corrected chi connectivity index (χ2v) is 5.70. The summed E-state index contributed by atoms with van der Waals surface area (Å²) < 4.78 is 5.27. The van der Waals surface area contributed by atoms with Gasteiger partial charge in [0, 0.05) is 6.20 Å². The van der Waals surface area contributed by atoms with Crippen LogP contribution in [0.2, 0.25) is 0 Å². The molecule has 0 unspecified atom stereocenters. The van der Waals surface area contributed by atoms with Gasteiger partial charge in [-0.05, 0) is 72.9 Å². The number of nitrogens with zero attached hydrogens (tertiary/aromatic N) is 1. The fourth-order valence-corrected chi connectivity index (χ4v) is 3.02. The molecule has 0 aromatic carbocycles. The zero-order valence-corrected chi connectivity index (χ0v) is 16.4. The Hall–Kier alpha value is -2.09. The first-order valence-electron chi connectivity index (χ1n) is 9.62.